The van der Waals surface area contributed by atoms with E-state index in [-0.39, 0.29) is 18.5 Å². The lowest BCUT2D eigenvalue weighted by Crippen LogP contribution is -2.22. The second kappa shape index (κ2) is 17.4. The number of halogens is 1. The lowest BCUT2D eigenvalue weighted by molar-refractivity contribution is -0.303. The number of aliphatic carboxylic acids is 2. The molecule has 0 aliphatic carbocycles. The van der Waals surface area contributed by atoms with Crippen LogP contribution < -0.4 is 10.2 Å². The fourth-order valence-corrected chi connectivity index (χ4v) is 0. The zero-order chi connectivity index (χ0) is 11.3. The maximum Gasteiger partial charge on any atom is 0.0662 e. The van der Waals surface area contributed by atoms with E-state index < -0.39 is 11.9 Å². The molecule has 0 fully saturated rings. The molecule has 0 spiro atoms. The molecule has 0 radical (unpaired) electrons. The van der Waals surface area contributed by atoms with Crippen LogP contribution in [0, 0.1) is 0 Å². The molecule has 0 aromatic rings. The van der Waals surface area contributed by atoms with Crippen molar-refractivity contribution >= 4 is 27.9 Å². The number of alkyl halides is 1. The van der Waals surface area contributed by atoms with Gasteiger partial charge in [-0.3, -0.25) is 0 Å². The molecule has 0 heterocycles. The molecule has 13 heavy (non-hydrogen) atoms. The van der Waals surface area contributed by atoms with Crippen molar-refractivity contribution in [2.45, 2.75) is 6.92 Å². The normalized spacial score (nSPS) is 7.08. The Morgan fingerprint density at radius 1 is 1.23 bits per heavy atom. The number of hydrogen-bond acceptors (Lipinski definition) is 6. The molecule has 0 saturated heterocycles. The molecule has 0 aromatic carbocycles. The van der Waals surface area contributed by atoms with Crippen LogP contribution in [-0.2, 0) is 9.59 Å². The van der Waals surface area contributed by atoms with E-state index in [4.69, 9.17) is 20.1 Å². The summed E-state index contributed by atoms with van der Waals surface area (Å²) in [5, 5.41) is 33.3. The van der Waals surface area contributed by atoms with E-state index in [1.807, 2.05) is 0 Å². The van der Waals surface area contributed by atoms with E-state index in [9.17, 15) is 9.90 Å². The van der Waals surface area contributed by atoms with Crippen molar-refractivity contribution in [3.05, 3.63) is 0 Å². The number of carbonyl (C=O) groups is 2. The van der Waals surface area contributed by atoms with Gasteiger partial charge < -0.3 is 30.0 Å². The molecule has 2 N–H and O–H groups in total. The fraction of sp³-hybridized carbons (Fsp3) is 0.667. The van der Waals surface area contributed by atoms with Crippen LogP contribution in [0.1, 0.15) is 6.92 Å². The molecule has 0 rings (SSSR count). The van der Waals surface area contributed by atoms with Gasteiger partial charge in [-0.05, 0) is 6.92 Å². The van der Waals surface area contributed by atoms with E-state index in [0.29, 0.717) is 0 Å². The number of aliphatic hydroxyl groups excluding tert-OH is 2. The van der Waals surface area contributed by atoms with Crippen molar-refractivity contribution in [2.75, 3.05) is 18.5 Å². The maximum absolute atomic E-state index is 9.21. The van der Waals surface area contributed by atoms with Gasteiger partial charge >= 0.3 is 0 Å². The van der Waals surface area contributed by atoms with E-state index in [2.05, 4.69) is 15.9 Å². The van der Waals surface area contributed by atoms with Crippen molar-refractivity contribution in [3.8, 4) is 0 Å². The Labute approximate surface area is 83.9 Å². The van der Waals surface area contributed by atoms with Crippen LogP contribution in [0.3, 0.4) is 0 Å². The summed E-state index contributed by atoms with van der Waals surface area (Å²) >= 11 is 2.65. The molecule has 7 heteroatoms. The molecule has 6 nitrogen and oxygen atoms in total. The number of rotatable bonds is 2. The van der Waals surface area contributed by atoms with Gasteiger partial charge in [-0.1, -0.05) is 15.9 Å². The molecular weight excluding hydrogens is 248 g/mol. The molecular formula is C6H11BrO6-2. The van der Waals surface area contributed by atoms with Crippen molar-refractivity contribution in [3.63, 3.8) is 0 Å². The highest BCUT2D eigenvalue weighted by Gasteiger charge is 1.67. The first kappa shape index (κ1) is 18.2. The highest BCUT2D eigenvalue weighted by atomic mass is 79.9. The number of carboxylic acid groups (broad SMARTS) is 2. The number of carboxylic acids is 2. The van der Waals surface area contributed by atoms with Gasteiger partial charge in [-0.2, -0.15) is 0 Å². The lowest BCUT2D eigenvalue weighted by Gasteiger charge is -1.85. The Morgan fingerprint density at radius 2 is 1.38 bits per heavy atom. The summed E-state index contributed by atoms with van der Waals surface area (Å²) in [6, 6.07) is 0. The van der Waals surface area contributed by atoms with Crippen LogP contribution in [0.5, 0.6) is 0 Å². The number of aliphatic hydroxyl groups is 2. The summed E-state index contributed by atoms with van der Waals surface area (Å²) in [7, 11) is 0. The highest BCUT2D eigenvalue weighted by Crippen LogP contribution is 1.70. The van der Waals surface area contributed by atoms with Crippen molar-refractivity contribution in [1.82, 2.24) is 0 Å². The minimum atomic E-state index is -1.08. The summed E-state index contributed by atoms with van der Waals surface area (Å²) < 4.78 is 0. The van der Waals surface area contributed by atoms with Gasteiger partial charge in [0.1, 0.15) is 0 Å². The standard InChI is InChI=1S/C2H3BrO2.C2H4O2.C2H6O2/c3-1-2(4)5;1-2(3)4;3-1-2-4/h1H2,(H,4,5);1H3,(H,3,4);3-4H,1-2H2/p-2. The van der Waals surface area contributed by atoms with Gasteiger partial charge in [0.05, 0.1) is 19.2 Å². The third-order valence-electron chi connectivity index (χ3n) is 0.209. The van der Waals surface area contributed by atoms with Gasteiger partial charge in [-0.15, -0.1) is 0 Å². The summed E-state index contributed by atoms with van der Waals surface area (Å²) in [6.07, 6.45) is 0. The quantitative estimate of drug-likeness (QED) is 0.505. The van der Waals surface area contributed by atoms with Gasteiger partial charge in [0.2, 0.25) is 0 Å². The largest absolute Gasteiger partial charge is 0.550 e. The molecule has 0 bridgehead atoms. The zero-order valence-electron chi connectivity index (χ0n) is 7.03. The van der Waals surface area contributed by atoms with Crippen LogP contribution in [0.4, 0.5) is 0 Å². The second-order valence-electron chi connectivity index (χ2n) is 1.44. The summed E-state index contributed by atoms with van der Waals surface area (Å²) in [6.45, 7) is 0.722. The minimum Gasteiger partial charge on any atom is -0.550 e. The van der Waals surface area contributed by atoms with Crippen molar-refractivity contribution in [1.29, 1.82) is 0 Å². The molecule has 0 aromatic heterocycles. The van der Waals surface area contributed by atoms with E-state index >= 15 is 0 Å². The fourth-order valence-electron chi connectivity index (χ4n) is 0. The molecule has 0 saturated carbocycles. The average molecular weight is 259 g/mol. The first-order chi connectivity index (χ1) is 5.92. The summed E-state index contributed by atoms with van der Waals surface area (Å²) in [5.74, 6) is -2.16. The Morgan fingerprint density at radius 3 is 1.38 bits per heavy atom. The molecule has 0 aliphatic rings. The van der Waals surface area contributed by atoms with E-state index in [1.54, 1.807) is 0 Å². The molecule has 0 amide bonds. The Kier molecular flexibility index (Phi) is 24.4. The second-order valence-corrected chi connectivity index (χ2v) is 2.01. The molecule has 0 unspecified atom stereocenters. The van der Waals surface area contributed by atoms with Crippen LogP contribution in [0.15, 0.2) is 0 Å². The third kappa shape index (κ3) is 181. The molecule has 0 atom stereocenters. The Balaban J connectivity index is -0.000000117. The SMILES string of the molecule is CC(=O)[O-].O=C([O-])CBr.OCCO. The van der Waals surface area contributed by atoms with Crippen LogP contribution in [0.2, 0.25) is 0 Å². The number of carbonyl (C=O) groups excluding carboxylic acids is 2. The lowest BCUT2D eigenvalue weighted by atomic mass is 10.8. The topological polar surface area (TPSA) is 121 Å². The Bertz CT molecular complexity index is 120. The predicted octanol–water partition coefficient (Wildman–Crippen LogP) is -3.14. The summed E-state index contributed by atoms with van der Waals surface area (Å²) in [5.41, 5.74) is 0. The first-order valence-corrected chi connectivity index (χ1v) is 4.19. The molecule has 80 valence electrons. The maximum atomic E-state index is 9.21. The zero-order valence-corrected chi connectivity index (χ0v) is 8.61. The van der Waals surface area contributed by atoms with Crippen LogP contribution >= 0.6 is 15.9 Å². The van der Waals surface area contributed by atoms with Crippen LogP contribution in [0.25, 0.3) is 0 Å². The first-order valence-electron chi connectivity index (χ1n) is 3.07. The van der Waals surface area contributed by atoms with Gasteiger partial charge in [0.25, 0.3) is 0 Å². The van der Waals surface area contributed by atoms with E-state index in [1.165, 1.54) is 0 Å². The minimum absolute atomic E-state index is 0.0764. The van der Waals surface area contributed by atoms with Gasteiger partial charge in [0, 0.05) is 11.3 Å². The highest BCUT2D eigenvalue weighted by molar-refractivity contribution is 9.09. The van der Waals surface area contributed by atoms with Crippen molar-refractivity contribution < 1.29 is 30.0 Å². The van der Waals surface area contributed by atoms with Gasteiger partial charge in [-0.25, -0.2) is 0 Å². The van der Waals surface area contributed by atoms with Crippen molar-refractivity contribution in [2.24, 2.45) is 0 Å². The number of hydrogen-bond donors (Lipinski definition) is 2. The third-order valence-corrected chi connectivity index (χ3v) is 0.667. The van der Waals surface area contributed by atoms with Crippen LogP contribution in [-0.4, -0.2) is 40.7 Å². The van der Waals surface area contributed by atoms with E-state index in [0.717, 1.165) is 6.92 Å². The predicted molar refractivity (Wildman–Crippen MR) is 43.7 cm³/mol. The average Bonchev–Trinajstić information content (AvgIpc) is 2.04. The summed E-state index contributed by atoms with van der Waals surface area (Å²) in [4.78, 5) is 18.1. The molecule has 0 aliphatic heterocycles. The smallest absolute Gasteiger partial charge is 0.0662 e. The van der Waals surface area contributed by atoms with Gasteiger partial charge in [0.15, 0.2) is 0 Å². The monoisotopic (exact) mass is 258 g/mol. The Hall–Kier alpha value is -0.660.